The van der Waals surface area contributed by atoms with Crippen molar-refractivity contribution in [3.05, 3.63) is 20.3 Å². The first-order chi connectivity index (χ1) is 7.48. The molecule has 0 N–H and O–H groups in total. The Hall–Kier alpha value is -0.390. The van der Waals surface area contributed by atoms with Crippen molar-refractivity contribution >= 4 is 33.2 Å². The van der Waals surface area contributed by atoms with Crippen molar-refractivity contribution in [1.29, 1.82) is 0 Å². The van der Waals surface area contributed by atoms with E-state index in [1.807, 2.05) is 11.0 Å². The van der Waals surface area contributed by atoms with Crippen LogP contribution in [-0.2, 0) is 10.3 Å². The zero-order chi connectivity index (χ0) is 11.9. The predicted octanol–water partition coefficient (Wildman–Crippen LogP) is 2.85. The van der Waals surface area contributed by atoms with Crippen LogP contribution in [0.5, 0.6) is 0 Å². The van der Waals surface area contributed by atoms with Gasteiger partial charge in [-0.1, -0.05) is 0 Å². The van der Waals surface area contributed by atoms with E-state index in [0.717, 1.165) is 14.2 Å². The van der Waals surface area contributed by atoms with Crippen LogP contribution in [0.25, 0.3) is 0 Å². The van der Waals surface area contributed by atoms with Crippen LogP contribution in [0.3, 0.4) is 0 Å². The van der Waals surface area contributed by atoms with E-state index in [1.165, 1.54) is 0 Å². The Morgan fingerprint density at radius 1 is 1.56 bits per heavy atom. The number of carbonyl (C=O) groups is 1. The van der Waals surface area contributed by atoms with E-state index in [0.29, 0.717) is 13.2 Å². The monoisotopic (exact) mass is 303 g/mol. The number of fused-ring (bicyclic) bond motifs is 1. The van der Waals surface area contributed by atoms with Gasteiger partial charge in [0.25, 0.3) is 5.91 Å². The first-order valence-corrected chi connectivity index (χ1v) is 6.70. The fourth-order valence-corrected chi connectivity index (χ4v) is 3.76. The molecule has 1 aromatic rings. The lowest BCUT2D eigenvalue weighted by Crippen LogP contribution is -2.41. The van der Waals surface area contributed by atoms with Gasteiger partial charge in [0.2, 0.25) is 0 Å². The highest BCUT2D eigenvalue weighted by Crippen LogP contribution is 2.44. The third-order valence-electron chi connectivity index (χ3n) is 2.93. The second-order valence-corrected chi connectivity index (χ2v) is 6.73. The lowest BCUT2D eigenvalue weighted by atomic mass is 10.0. The van der Waals surface area contributed by atoms with E-state index in [9.17, 15) is 4.79 Å². The van der Waals surface area contributed by atoms with E-state index in [-0.39, 0.29) is 11.4 Å². The number of methoxy groups -OCH3 is 1. The molecule has 0 atom stereocenters. The van der Waals surface area contributed by atoms with Gasteiger partial charge in [-0.3, -0.25) is 4.79 Å². The summed E-state index contributed by atoms with van der Waals surface area (Å²) in [5, 5.41) is 0. The first-order valence-electron chi connectivity index (χ1n) is 5.09. The summed E-state index contributed by atoms with van der Waals surface area (Å²) in [6.45, 7) is 5.37. The van der Waals surface area contributed by atoms with E-state index in [2.05, 4.69) is 29.8 Å². The van der Waals surface area contributed by atoms with Gasteiger partial charge >= 0.3 is 0 Å². The van der Waals surface area contributed by atoms with E-state index < -0.39 is 0 Å². The quantitative estimate of drug-likeness (QED) is 0.859. The molecular weight excluding hydrogens is 290 g/mol. The lowest BCUT2D eigenvalue weighted by molar-refractivity contribution is 0.0526. The van der Waals surface area contributed by atoms with Gasteiger partial charge in [-0.2, -0.15) is 0 Å². The Morgan fingerprint density at radius 2 is 2.25 bits per heavy atom. The number of amides is 1. The Bertz CT molecular complexity index is 428. The third-order valence-corrected chi connectivity index (χ3v) is 4.88. The highest BCUT2D eigenvalue weighted by molar-refractivity contribution is 9.11. The van der Waals surface area contributed by atoms with Crippen LogP contribution in [0.4, 0.5) is 0 Å². The Morgan fingerprint density at radius 3 is 2.81 bits per heavy atom. The summed E-state index contributed by atoms with van der Waals surface area (Å²) in [4.78, 5) is 15.2. The summed E-state index contributed by atoms with van der Waals surface area (Å²) in [6.07, 6.45) is 0. The number of thiophene rings is 1. The van der Waals surface area contributed by atoms with Crippen LogP contribution >= 0.6 is 27.3 Å². The summed E-state index contributed by atoms with van der Waals surface area (Å²) in [7, 11) is 1.65. The van der Waals surface area contributed by atoms with Crippen LogP contribution in [0.2, 0.25) is 0 Å². The Kier molecular flexibility index (Phi) is 3.11. The van der Waals surface area contributed by atoms with Gasteiger partial charge in [0.15, 0.2) is 0 Å². The number of nitrogens with zero attached hydrogens (tertiary/aromatic N) is 1. The molecule has 0 unspecified atom stereocenters. The molecule has 1 aromatic heterocycles. The number of hydrogen-bond donors (Lipinski definition) is 0. The lowest BCUT2D eigenvalue weighted by Gasteiger charge is -2.31. The highest BCUT2D eigenvalue weighted by atomic mass is 79.9. The maximum Gasteiger partial charge on any atom is 0.255 e. The van der Waals surface area contributed by atoms with Crippen molar-refractivity contribution in [1.82, 2.24) is 4.90 Å². The van der Waals surface area contributed by atoms with Gasteiger partial charge in [-0.25, -0.2) is 0 Å². The number of hydrogen-bond acceptors (Lipinski definition) is 3. The van der Waals surface area contributed by atoms with Crippen molar-refractivity contribution < 1.29 is 9.53 Å². The predicted molar refractivity (Wildman–Crippen MR) is 68.0 cm³/mol. The van der Waals surface area contributed by atoms with E-state index >= 15 is 0 Å². The molecular formula is C11H14BrNO2S. The molecule has 16 heavy (non-hydrogen) atoms. The maximum absolute atomic E-state index is 12.2. The van der Waals surface area contributed by atoms with Crippen molar-refractivity contribution in [3.8, 4) is 0 Å². The molecule has 2 heterocycles. The highest BCUT2D eigenvalue weighted by Gasteiger charge is 2.44. The van der Waals surface area contributed by atoms with Gasteiger partial charge in [0.05, 0.1) is 21.5 Å². The van der Waals surface area contributed by atoms with Crippen LogP contribution in [0.15, 0.2) is 9.85 Å². The van der Waals surface area contributed by atoms with Crippen molar-refractivity contribution in [3.63, 3.8) is 0 Å². The van der Waals surface area contributed by atoms with Gasteiger partial charge in [0, 0.05) is 18.5 Å². The van der Waals surface area contributed by atoms with Crippen molar-refractivity contribution in [2.75, 3.05) is 20.3 Å². The maximum atomic E-state index is 12.2. The van der Waals surface area contributed by atoms with Crippen molar-refractivity contribution in [2.45, 2.75) is 19.4 Å². The molecule has 2 rings (SSSR count). The molecule has 0 aromatic carbocycles. The summed E-state index contributed by atoms with van der Waals surface area (Å²) >= 11 is 5.07. The van der Waals surface area contributed by atoms with Crippen LogP contribution in [0, 0.1) is 0 Å². The zero-order valence-electron chi connectivity index (χ0n) is 9.54. The number of ether oxygens (including phenoxy) is 1. The summed E-state index contributed by atoms with van der Waals surface area (Å²) in [5.74, 6) is 0.110. The molecule has 0 bridgehead atoms. The molecule has 1 aliphatic rings. The van der Waals surface area contributed by atoms with Crippen molar-refractivity contribution in [2.24, 2.45) is 0 Å². The summed E-state index contributed by atoms with van der Waals surface area (Å²) < 4.78 is 6.06. The minimum Gasteiger partial charge on any atom is -0.383 e. The molecule has 1 aliphatic heterocycles. The standard InChI is InChI=1S/C11H14BrNO2S/c1-11(2)9-7(6-8(12)16-9)10(14)13(11)4-5-15-3/h6H,4-5H2,1-3H3. The summed E-state index contributed by atoms with van der Waals surface area (Å²) in [6, 6.07) is 1.91. The second-order valence-electron chi connectivity index (χ2n) is 4.30. The molecule has 0 fully saturated rings. The number of rotatable bonds is 3. The average Bonchev–Trinajstić information content (AvgIpc) is 2.66. The van der Waals surface area contributed by atoms with Crippen LogP contribution < -0.4 is 0 Å². The Balaban J connectivity index is 2.34. The van der Waals surface area contributed by atoms with Gasteiger partial charge in [0.1, 0.15) is 0 Å². The second kappa shape index (κ2) is 4.13. The van der Waals surface area contributed by atoms with E-state index in [4.69, 9.17) is 4.74 Å². The van der Waals surface area contributed by atoms with Crippen LogP contribution in [0.1, 0.15) is 29.1 Å². The first kappa shape index (κ1) is 12.1. The number of carbonyl (C=O) groups excluding carboxylic acids is 1. The molecule has 88 valence electrons. The molecule has 0 aliphatic carbocycles. The molecule has 0 saturated carbocycles. The van der Waals surface area contributed by atoms with Gasteiger partial charge in [-0.05, 0) is 35.8 Å². The van der Waals surface area contributed by atoms with Gasteiger partial charge in [-0.15, -0.1) is 11.3 Å². The minimum atomic E-state index is -0.221. The molecule has 1 amide bonds. The average molecular weight is 304 g/mol. The van der Waals surface area contributed by atoms with E-state index in [1.54, 1.807) is 18.4 Å². The smallest absolute Gasteiger partial charge is 0.255 e. The van der Waals surface area contributed by atoms with Gasteiger partial charge < -0.3 is 9.64 Å². The molecule has 0 radical (unpaired) electrons. The Labute approximate surface area is 108 Å². The number of halogens is 1. The fraction of sp³-hybridized carbons (Fsp3) is 0.545. The summed E-state index contributed by atoms with van der Waals surface area (Å²) in [5.41, 5.74) is 0.611. The minimum absolute atomic E-state index is 0.110. The fourth-order valence-electron chi connectivity index (χ4n) is 2.06. The third kappa shape index (κ3) is 1.71. The van der Waals surface area contributed by atoms with Crippen LogP contribution in [-0.4, -0.2) is 31.1 Å². The molecule has 3 nitrogen and oxygen atoms in total. The molecule has 0 saturated heterocycles. The normalized spacial score (nSPS) is 18.0. The molecule has 0 spiro atoms. The largest absolute Gasteiger partial charge is 0.383 e. The zero-order valence-corrected chi connectivity index (χ0v) is 11.9. The SMILES string of the molecule is COCCN1C(=O)c2cc(Br)sc2C1(C)C. The molecule has 5 heteroatoms. The topological polar surface area (TPSA) is 29.5 Å².